The number of benzene rings is 2. The van der Waals surface area contributed by atoms with Crippen molar-refractivity contribution < 1.29 is 0 Å². The van der Waals surface area contributed by atoms with Gasteiger partial charge in [0.25, 0.3) is 0 Å². The third kappa shape index (κ3) is 2.45. The lowest BCUT2D eigenvalue weighted by Gasteiger charge is -2.49. The zero-order valence-electron chi connectivity index (χ0n) is 14.1. The van der Waals surface area contributed by atoms with Crippen molar-refractivity contribution in [3.63, 3.8) is 0 Å². The van der Waals surface area contributed by atoms with E-state index < -0.39 is 0 Å². The van der Waals surface area contributed by atoms with Crippen LogP contribution in [0.15, 0.2) is 72.3 Å². The molecule has 0 aromatic heterocycles. The number of allylic oxidation sites excluding steroid dienone is 2. The van der Waals surface area contributed by atoms with Crippen molar-refractivity contribution in [3.05, 3.63) is 83.4 Å². The van der Waals surface area contributed by atoms with Crippen molar-refractivity contribution in [2.24, 2.45) is 5.41 Å². The van der Waals surface area contributed by atoms with Gasteiger partial charge in [0.05, 0.1) is 0 Å². The molecule has 2 aliphatic carbocycles. The molecule has 0 spiro atoms. The van der Waals surface area contributed by atoms with Gasteiger partial charge in [-0.25, -0.2) is 0 Å². The number of hydrogen-bond acceptors (Lipinski definition) is 0. The van der Waals surface area contributed by atoms with E-state index in [0.29, 0.717) is 5.41 Å². The molecule has 118 valence electrons. The van der Waals surface area contributed by atoms with Crippen molar-refractivity contribution in [1.82, 2.24) is 0 Å². The molecule has 4 rings (SSSR count). The number of hydrogen-bond donors (Lipinski definition) is 0. The molecule has 2 aromatic carbocycles. The van der Waals surface area contributed by atoms with E-state index in [4.69, 9.17) is 0 Å². The van der Waals surface area contributed by atoms with Gasteiger partial charge in [-0.2, -0.15) is 0 Å². The summed E-state index contributed by atoms with van der Waals surface area (Å²) < 4.78 is 0. The molecule has 2 aliphatic rings. The van der Waals surface area contributed by atoms with E-state index in [-0.39, 0.29) is 5.41 Å². The van der Waals surface area contributed by atoms with Crippen LogP contribution < -0.4 is 0 Å². The van der Waals surface area contributed by atoms with Gasteiger partial charge in [0.2, 0.25) is 0 Å². The van der Waals surface area contributed by atoms with Gasteiger partial charge in [-0.05, 0) is 55.1 Å². The van der Waals surface area contributed by atoms with E-state index in [9.17, 15) is 0 Å². The molecule has 0 saturated heterocycles. The van der Waals surface area contributed by atoms with Crippen LogP contribution in [0.2, 0.25) is 0 Å². The molecule has 1 atom stereocenters. The molecular formula is C23H26. The molecule has 0 nitrogen and oxygen atoms in total. The first-order valence-electron chi connectivity index (χ1n) is 9.04. The fraction of sp³-hybridized carbons (Fsp3) is 0.391. The van der Waals surface area contributed by atoms with Crippen LogP contribution in [0.1, 0.15) is 56.6 Å². The highest BCUT2D eigenvalue weighted by Crippen LogP contribution is 2.56. The van der Waals surface area contributed by atoms with Gasteiger partial charge in [-0.3, -0.25) is 0 Å². The molecule has 0 bridgehead atoms. The van der Waals surface area contributed by atoms with E-state index in [1.54, 1.807) is 5.57 Å². The molecule has 0 unspecified atom stereocenters. The SMILES string of the molecule is C[C@@]12CCCC=C1CC(c1ccccc1)(c1ccccc1)CC2. The normalized spacial score (nSPS) is 26.2. The maximum Gasteiger partial charge on any atom is 0.0240 e. The Kier molecular flexibility index (Phi) is 3.64. The highest BCUT2D eigenvalue weighted by Gasteiger charge is 2.45. The molecule has 0 amide bonds. The van der Waals surface area contributed by atoms with Crippen LogP contribution in [0, 0.1) is 5.41 Å². The molecule has 0 heteroatoms. The van der Waals surface area contributed by atoms with Gasteiger partial charge in [0.15, 0.2) is 0 Å². The summed E-state index contributed by atoms with van der Waals surface area (Å²) in [6.07, 6.45) is 10.3. The molecule has 0 aliphatic heterocycles. The maximum atomic E-state index is 2.56. The highest BCUT2D eigenvalue weighted by atomic mass is 14.5. The van der Waals surface area contributed by atoms with E-state index >= 15 is 0 Å². The predicted molar refractivity (Wildman–Crippen MR) is 97.6 cm³/mol. The summed E-state index contributed by atoms with van der Waals surface area (Å²) in [6, 6.07) is 22.4. The minimum atomic E-state index is 0.158. The number of rotatable bonds is 2. The van der Waals surface area contributed by atoms with Gasteiger partial charge in [0.1, 0.15) is 0 Å². The first-order chi connectivity index (χ1) is 11.2. The average Bonchev–Trinajstić information content (AvgIpc) is 2.62. The molecule has 0 radical (unpaired) electrons. The van der Waals surface area contributed by atoms with Crippen LogP contribution >= 0.6 is 0 Å². The third-order valence-electron chi connectivity index (χ3n) is 6.35. The second-order valence-corrected chi connectivity index (χ2v) is 7.67. The first-order valence-corrected chi connectivity index (χ1v) is 9.04. The van der Waals surface area contributed by atoms with Crippen LogP contribution in [-0.4, -0.2) is 0 Å². The molecule has 2 aromatic rings. The lowest BCUT2D eigenvalue weighted by Crippen LogP contribution is -2.39. The Morgan fingerprint density at radius 3 is 1.96 bits per heavy atom. The summed E-state index contributed by atoms with van der Waals surface area (Å²) in [5.41, 5.74) is 5.29. The summed E-state index contributed by atoms with van der Waals surface area (Å²) in [5, 5.41) is 0. The standard InChI is InChI=1S/C23H26/c1-22-15-9-8-14-21(22)18-23(17-16-22,19-10-4-2-5-11-19)20-12-6-3-7-13-20/h2-7,10-14H,8-9,15-18H2,1H3/t22-/m0/s1. The zero-order chi connectivity index (χ0) is 15.8. The molecular weight excluding hydrogens is 276 g/mol. The molecule has 23 heavy (non-hydrogen) atoms. The van der Waals surface area contributed by atoms with E-state index in [0.717, 1.165) is 0 Å². The highest BCUT2D eigenvalue weighted by molar-refractivity contribution is 5.44. The zero-order valence-corrected chi connectivity index (χ0v) is 14.1. The summed E-state index contributed by atoms with van der Waals surface area (Å²) >= 11 is 0. The Bertz CT molecular complexity index is 656. The van der Waals surface area contributed by atoms with E-state index in [1.807, 2.05) is 0 Å². The molecule has 1 saturated carbocycles. The predicted octanol–water partition coefficient (Wildman–Crippen LogP) is 6.27. The quantitative estimate of drug-likeness (QED) is 0.573. The van der Waals surface area contributed by atoms with Crippen molar-refractivity contribution in [1.29, 1.82) is 0 Å². The summed E-state index contributed by atoms with van der Waals surface area (Å²) in [6.45, 7) is 2.50. The Morgan fingerprint density at radius 2 is 1.35 bits per heavy atom. The lowest BCUT2D eigenvalue weighted by molar-refractivity contribution is 0.214. The van der Waals surface area contributed by atoms with Crippen LogP contribution in [0.3, 0.4) is 0 Å². The van der Waals surface area contributed by atoms with Gasteiger partial charge in [-0.1, -0.05) is 79.2 Å². The topological polar surface area (TPSA) is 0 Å². The summed E-state index contributed by atoms with van der Waals surface area (Å²) in [5.74, 6) is 0. The third-order valence-corrected chi connectivity index (χ3v) is 6.35. The molecule has 0 heterocycles. The first kappa shape index (κ1) is 14.8. The monoisotopic (exact) mass is 302 g/mol. The van der Waals surface area contributed by atoms with Gasteiger partial charge < -0.3 is 0 Å². The van der Waals surface area contributed by atoms with Crippen molar-refractivity contribution >= 4 is 0 Å². The van der Waals surface area contributed by atoms with Gasteiger partial charge >= 0.3 is 0 Å². The Labute approximate surface area is 140 Å². The fourth-order valence-corrected chi connectivity index (χ4v) is 4.82. The minimum Gasteiger partial charge on any atom is -0.0847 e. The number of fused-ring (bicyclic) bond motifs is 1. The van der Waals surface area contributed by atoms with Crippen molar-refractivity contribution in [3.8, 4) is 0 Å². The van der Waals surface area contributed by atoms with Crippen LogP contribution in [0.25, 0.3) is 0 Å². The summed E-state index contributed by atoms with van der Waals surface area (Å²) in [4.78, 5) is 0. The second kappa shape index (κ2) is 5.67. The van der Waals surface area contributed by atoms with Crippen molar-refractivity contribution in [2.75, 3.05) is 0 Å². The Balaban J connectivity index is 1.84. The second-order valence-electron chi connectivity index (χ2n) is 7.67. The molecule has 0 N–H and O–H groups in total. The van der Waals surface area contributed by atoms with Crippen molar-refractivity contribution in [2.45, 2.75) is 50.9 Å². The lowest BCUT2D eigenvalue weighted by atomic mass is 9.55. The van der Waals surface area contributed by atoms with E-state index in [2.05, 4.69) is 73.7 Å². The van der Waals surface area contributed by atoms with Crippen LogP contribution in [0.4, 0.5) is 0 Å². The average molecular weight is 302 g/mol. The minimum absolute atomic E-state index is 0.158. The maximum absolute atomic E-state index is 2.56. The van der Waals surface area contributed by atoms with Gasteiger partial charge in [0, 0.05) is 5.41 Å². The molecule has 1 fully saturated rings. The van der Waals surface area contributed by atoms with Crippen LogP contribution in [0.5, 0.6) is 0 Å². The van der Waals surface area contributed by atoms with Gasteiger partial charge in [-0.15, -0.1) is 0 Å². The Hall–Kier alpha value is -1.82. The Morgan fingerprint density at radius 1 is 0.739 bits per heavy atom. The van der Waals surface area contributed by atoms with E-state index in [1.165, 1.54) is 49.7 Å². The largest absolute Gasteiger partial charge is 0.0847 e. The smallest absolute Gasteiger partial charge is 0.0240 e. The fourth-order valence-electron chi connectivity index (χ4n) is 4.82. The van der Waals surface area contributed by atoms with Crippen LogP contribution in [-0.2, 0) is 5.41 Å². The summed E-state index contributed by atoms with van der Waals surface area (Å²) in [7, 11) is 0.